The molecule has 0 aromatic heterocycles. The zero-order chi connectivity index (χ0) is 18.9. The summed E-state index contributed by atoms with van der Waals surface area (Å²) < 4.78 is 11.0. The van der Waals surface area contributed by atoms with E-state index < -0.39 is 6.10 Å². The fourth-order valence-electron chi connectivity index (χ4n) is 2.67. The maximum atomic E-state index is 12.4. The second-order valence-corrected chi connectivity index (χ2v) is 6.63. The number of carbonyl (C=O) groups excluding carboxylic acids is 1. The molecular formula is C22H29NO3. The Morgan fingerprint density at radius 2 is 1.77 bits per heavy atom. The lowest BCUT2D eigenvalue weighted by Crippen LogP contribution is -2.38. The summed E-state index contributed by atoms with van der Waals surface area (Å²) in [6.45, 7) is 6.90. The molecule has 2 rings (SSSR count). The first-order chi connectivity index (χ1) is 12.5. The molecule has 1 unspecified atom stereocenters. The van der Waals surface area contributed by atoms with Crippen LogP contribution in [0.4, 0.5) is 0 Å². The summed E-state index contributed by atoms with van der Waals surface area (Å²) in [5, 5.41) is 2.97. The average Bonchev–Trinajstić information content (AvgIpc) is 2.66. The number of nitrogens with one attached hydrogen (secondary N) is 1. The molecule has 4 heteroatoms. The predicted octanol–water partition coefficient (Wildman–Crippen LogP) is 4.33. The summed E-state index contributed by atoms with van der Waals surface area (Å²) in [5.41, 5.74) is 2.55. The molecule has 4 nitrogen and oxygen atoms in total. The minimum Gasteiger partial charge on any atom is -0.497 e. The second kappa shape index (κ2) is 9.85. The van der Waals surface area contributed by atoms with Crippen LogP contribution in [0.1, 0.15) is 44.2 Å². The molecule has 140 valence electrons. The van der Waals surface area contributed by atoms with Gasteiger partial charge in [-0.25, -0.2) is 0 Å². The van der Waals surface area contributed by atoms with Crippen LogP contribution < -0.4 is 14.8 Å². The van der Waals surface area contributed by atoms with Crippen LogP contribution in [-0.2, 0) is 11.2 Å². The highest BCUT2D eigenvalue weighted by Crippen LogP contribution is 2.20. The van der Waals surface area contributed by atoms with Gasteiger partial charge in [0.2, 0.25) is 0 Å². The summed E-state index contributed by atoms with van der Waals surface area (Å²) in [7, 11) is 1.61. The normalized spacial score (nSPS) is 11.9. The smallest absolute Gasteiger partial charge is 0.261 e. The molecule has 2 aromatic rings. The van der Waals surface area contributed by atoms with Crippen LogP contribution in [-0.4, -0.2) is 25.7 Å². The molecule has 0 aliphatic rings. The number of benzene rings is 2. The number of ether oxygens (including phenoxy) is 2. The Morgan fingerprint density at radius 3 is 2.38 bits per heavy atom. The number of rotatable bonds is 9. The summed E-state index contributed by atoms with van der Waals surface area (Å²) in [5.74, 6) is 1.79. The first kappa shape index (κ1) is 19.8. The van der Waals surface area contributed by atoms with E-state index in [0.717, 1.165) is 6.42 Å². The number of amides is 1. The summed E-state index contributed by atoms with van der Waals surface area (Å²) >= 11 is 0. The molecule has 2 aromatic carbocycles. The van der Waals surface area contributed by atoms with Crippen LogP contribution in [0.25, 0.3) is 0 Å². The predicted molar refractivity (Wildman–Crippen MR) is 105 cm³/mol. The Morgan fingerprint density at radius 1 is 1.08 bits per heavy atom. The molecular weight excluding hydrogens is 326 g/mol. The number of methoxy groups -OCH3 is 1. The van der Waals surface area contributed by atoms with Crippen molar-refractivity contribution in [3.8, 4) is 11.5 Å². The Kier molecular flexibility index (Phi) is 7.52. The molecule has 1 N–H and O–H groups in total. The molecule has 0 radical (unpaired) electrons. The van der Waals surface area contributed by atoms with Gasteiger partial charge in [-0.3, -0.25) is 4.79 Å². The van der Waals surface area contributed by atoms with Gasteiger partial charge in [0.25, 0.3) is 5.91 Å². The van der Waals surface area contributed by atoms with Crippen molar-refractivity contribution in [2.75, 3.05) is 13.7 Å². The lowest BCUT2D eigenvalue weighted by Gasteiger charge is -2.17. The molecule has 1 atom stereocenters. The van der Waals surface area contributed by atoms with Gasteiger partial charge in [-0.15, -0.1) is 0 Å². The summed E-state index contributed by atoms with van der Waals surface area (Å²) in [4.78, 5) is 12.4. The van der Waals surface area contributed by atoms with Gasteiger partial charge in [0, 0.05) is 12.6 Å². The third-order valence-corrected chi connectivity index (χ3v) is 4.34. The van der Waals surface area contributed by atoms with E-state index in [2.05, 4.69) is 43.4 Å². The Hall–Kier alpha value is -2.49. The zero-order valence-corrected chi connectivity index (χ0v) is 16.1. The molecule has 0 aliphatic carbocycles. The number of hydrogen-bond donors (Lipinski definition) is 1. The fourth-order valence-corrected chi connectivity index (χ4v) is 2.67. The van der Waals surface area contributed by atoms with Crippen molar-refractivity contribution >= 4 is 5.91 Å². The van der Waals surface area contributed by atoms with Crippen LogP contribution in [0.3, 0.4) is 0 Å². The van der Waals surface area contributed by atoms with E-state index in [1.807, 2.05) is 25.1 Å². The van der Waals surface area contributed by atoms with Gasteiger partial charge in [-0.2, -0.15) is 0 Å². The van der Waals surface area contributed by atoms with Crippen molar-refractivity contribution in [2.24, 2.45) is 0 Å². The van der Waals surface area contributed by atoms with Gasteiger partial charge < -0.3 is 14.8 Å². The largest absolute Gasteiger partial charge is 0.497 e. The minimum atomic E-state index is -0.509. The summed E-state index contributed by atoms with van der Waals surface area (Å²) in [6.07, 6.45) is 0.900. The maximum Gasteiger partial charge on any atom is 0.261 e. The van der Waals surface area contributed by atoms with E-state index in [9.17, 15) is 4.79 Å². The Labute approximate surface area is 156 Å². The van der Waals surface area contributed by atoms with Gasteiger partial charge in [-0.1, -0.05) is 51.1 Å². The van der Waals surface area contributed by atoms with E-state index in [1.165, 1.54) is 11.1 Å². The molecule has 0 spiro atoms. The molecule has 0 fully saturated rings. The zero-order valence-electron chi connectivity index (χ0n) is 16.1. The highest BCUT2D eigenvalue weighted by molar-refractivity contribution is 5.81. The lowest BCUT2D eigenvalue weighted by molar-refractivity contribution is -0.128. The quantitative estimate of drug-likeness (QED) is 0.728. The van der Waals surface area contributed by atoms with Crippen molar-refractivity contribution in [2.45, 2.75) is 45.6 Å². The van der Waals surface area contributed by atoms with Crippen molar-refractivity contribution in [3.05, 3.63) is 59.7 Å². The molecule has 1 amide bonds. The standard InChI is InChI=1S/C22H29NO3/c1-5-21(26-20-8-6-7-19(15-20)25-4)22(24)23-14-13-17-9-11-18(12-10-17)16(2)3/h6-12,15-16,21H,5,13-14H2,1-4H3,(H,23,24). The maximum absolute atomic E-state index is 12.4. The first-order valence-corrected chi connectivity index (χ1v) is 9.20. The van der Waals surface area contributed by atoms with Gasteiger partial charge in [0.05, 0.1) is 7.11 Å². The molecule has 0 bridgehead atoms. The van der Waals surface area contributed by atoms with Crippen molar-refractivity contribution in [1.29, 1.82) is 0 Å². The third kappa shape index (κ3) is 5.80. The van der Waals surface area contributed by atoms with Crippen LogP contribution in [0, 0.1) is 0 Å². The number of hydrogen-bond acceptors (Lipinski definition) is 3. The number of carbonyl (C=O) groups is 1. The summed E-state index contributed by atoms with van der Waals surface area (Å²) in [6, 6.07) is 15.9. The van der Waals surface area contributed by atoms with Crippen molar-refractivity contribution in [1.82, 2.24) is 5.32 Å². The first-order valence-electron chi connectivity index (χ1n) is 9.20. The molecule has 0 saturated carbocycles. The van der Waals surface area contributed by atoms with Gasteiger partial charge in [-0.05, 0) is 42.0 Å². The molecule has 0 aliphatic heterocycles. The molecule has 0 heterocycles. The van der Waals surface area contributed by atoms with E-state index in [1.54, 1.807) is 13.2 Å². The Bertz CT molecular complexity index is 695. The Balaban J connectivity index is 1.84. The van der Waals surface area contributed by atoms with Crippen LogP contribution in [0.5, 0.6) is 11.5 Å². The highest BCUT2D eigenvalue weighted by atomic mass is 16.5. The van der Waals surface area contributed by atoms with Gasteiger partial charge >= 0.3 is 0 Å². The minimum absolute atomic E-state index is 0.0888. The van der Waals surface area contributed by atoms with E-state index in [-0.39, 0.29) is 5.91 Å². The van der Waals surface area contributed by atoms with Crippen LogP contribution in [0.2, 0.25) is 0 Å². The molecule has 26 heavy (non-hydrogen) atoms. The monoisotopic (exact) mass is 355 g/mol. The SMILES string of the molecule is CCC(Oc1cccc(OC)c1)C(=O)NCCc1ccc(C(C)C)cc1. The molecule has 0 saturated heterocycles. The third-order valence-electron chi connectivity index (χ3n) is 4.34. The van der Waals surface area contributed by atoms with Crippen molar-refractivity contribution < 1.29 is 14.3 Å². The fraction of sp³-hybridized carbons (Fsp3) is 0.409. The van der Waals surface area contributed by atoms with E-state index >= 15 is 0 Å². The van der Waals surface area contributed by atoms with Crippen molar-refractivity contribution in [3.63, 3.8) is 0 Å². The average molecular weight is 355 g/mol. The topological polar surface area (TPSA) is 47.6 Å². The van der Waals surface area contributed by atoms with E-state index in [4.69, 9.17) is 9.47 Å². The highest BCUT2D eigenvalue weighted by Gasteiger charge is 2.18. The van der Waals surface area contributed by atoms with Gasteiger partial charge in [0.1, 0.15) is 11.5 Å². The van der Waals surface area contributed by atoms with E-state index in [0.29, 0.717) is 30.4 Å². The van der Waals surface area contributed by atoms with Gasteiger partial charge in [0.15, 0.2) is 6.10 Å². The van der Waals surface area contributed by atoms with Crippen LogP contribution in [0.15, 0.2) is 48.5 Å². The second-order valence-electron chi connectivity index (χ2n) is 6.63. The van der Waals surface area contributed by atoms with Crippen LogP contribution >= 0.6 is 0 Å². The lowest BCUT2D eigenvalue weighted by atomic mass is 10.0.